The molecule has 1 aromatic carbocycles. The zero-order valence-corrected chi connectivity index (χ0v) is 14.7. The Morgan fingerprint density at radius 1 is 1.40 bits per heavy atom. The van der Waals surface area contributed by atoms with Gasteiger partial charge in [-0.2, -0.15) is 0 Å². The predicted molar refractivity (Wildman–Crippen MR) is 83.7 cm³/mol. The quantitative estimate of drug-likeness (QED) is 0.793. The van der Waals surface area contributed by atoms with Gasteiger partial charge in [-0.05, 0) is 37.0 Å². The van der Waals surface area contributed by atoms with E-state index in [9.17, 15) is 13.2 Å². The van der Waals surface area contributed by atoms with Gasteiger partial charge in [0.25, 0.3) is 15.0 Å². The van der Waals surface area contributed by atoms with E-state index in [-0.39, 0.29) is 10.8 Å². The Morgan fingerprint density at radius 3 is 2.50 bits per heavy atom. The summed E-state index contributed by atoms with van der Waals surface area (Å²) >= 11 is 3.20. The molecule has 0 saturated heterocycles. The zero-order valence-electron chi connectivity index (χ0n) is 11.5. The van der Waals surface area contributed by atoms with E-state index in [2.05, 4.69) is 35.1 Å². The Balaban J connectivity index is 3.07. The van der Waals surface area contributed by atoms with E-state index in [0.717, 1.165) is 6.42 Å². The minimum absolute atomic E-state index is 0.0532. The average Bonchev–Trinajstić information content (AvgIpc) is 2.29. The molecule has 0 aliphatic heterocycles. The molecule has 0 unspecified atom stereocenters. The number of hydrogen-bond donors (Lipinski definition) is 1. The third-order valence-corrected chi connectivity index (χ3v) is 4.75. The summed E-state index contributed by atoms with van der Waals surface area (Å²) in [6.45, 7) is 6.24. The summed E-state index contributed by atoms with van der Waals surface area (Å²) in [6.07, 6.45) is 0.861. The second-order valence-corrected chi connectivity index (χ2v) is 8.40. The Bertz CT molecular complexity index is 614. The highest BCUT2D eigenvalue weighted by atomic mass is 79.9. The Hall–Kier alpha value is -0.590. The van der Waals surface area contributed by atoms with Gasteiger partial charge in [0.15, 0.2) is 0 Å². The maximum absolute atomic E-state index is 12.1. The number of benzene rings is 1. The molecule has 7 heteroatoms. The lowest BCUT2D eigenvalue weighted by atomic mass is 10.1. The molecule has 0 aliphatic rings. The number of carbonyl (C=O) groups is 1. The molecule has 0 atom stereocenters. The van der Waals surface area contributed by atoms with Crippen molar-refractivity contribution in [2.75, 3.05) is 6.54 Å². The predicted octanol–water partition coefficient (Wildman–Crippen LogP) is 3.46. The molecule has 1 aromatic rings. The minimum Gasteiger partial charge on any atom is -0.352 e. The lowest BCUT2D eigenvalue weighted by Crippen LogP contribution is -2.26. The second kappa shape index (κ2) is 6.91. The van der Waals surface area contributed by atoms with Crippen molar-refractivity contribution in [3.05, 3.63) is 27.7 Å². The van der Waals surface area contributed by atoms with Gasteiger partial charge >= 0.3 is 0 Å². The number of rotatable bonds is 5. The van der Waals surface area contributed by atoms with Crippen LogP contribution in [0.5, 0.6) is 0 Å². The molecule has 0 saturated carbocycles. The maximum Gasteiger partial charge on any atom is 0.261 e. The van der Waals surface area contributed by atoms with Crippen LogP contribution in [-0.2, 0) is 9.05 Å². The van der Waals surface area contributed by atoms with Crippen LogP contribution in [0.4, 0.5) is 0 Å². The number of halogens is 2. The molecule has 0 aromatic heterocycles. The average molecular weight is 383 g/mol. The largest absolute Gasteiger partial charge is 0.352 e. The molecule has 20 heavy (non-hydrogen) atoms. The number of amides is 1. The first kappa shape index (κ1) is 17.5. The summed E-state index contributed by atoms with van der Waals surface area (Å²) in [6, 6.07) is 2.98. The first-order valence-electron chi connectivity index (χ1n) is 6.16. The summed E-state index contributed by atoms with van der Waals surface area (Å²) in [5.41, 5.74) is 0.660. The SMILES string of the molecule is Cc1c(C(=O)NCCC(C)C)cc(Br)cc1S(=O)(=O)Cl. The summed E-state index contributed by atoms with van der Waals surface area (Å²) < 4.78 is 23.5. The van der Waals surface area contributed by atoms with Gasteiger partial charge in [-0.25, -0.2) is 8.42 Å². The molecule has 0 aliphatic carbocycles. The fourth-order valence-corrected chi connectivity index (χ4v) is 3.55. The monoisotopic (exact) mass is 381 g/mol. The lowest BCUT2D eigenvalue weighted by Gasteiger charge is -2.12. The first-order valence-corrected chi connectivity index (χ1v) is 9.26. The van der Waals surface area contributed by atoms with Crippen LogP contribution in [0.2, 0.25) is 0 Å². The number of hydrogen-bond acceptors (Lipinski definition) is 3. The molecule has 1 amide bonds. The van der Waals surface area contributed by atoms with Gasteiger partial charge < -0.3 is 5.32 Å². The Labute approximate surface area is 132 Å². The Kier molecular flexibility index (Phi) is 6.04. The molecule has 4 nitrogen and oxygen atoms in total. The molecule has 0 spiro atoms. The summed E-state index contributed by atoms with van der Waals surface area (Å²) in [5.74, 6) is 0.184. The van der Waals surface area contributed by atoms with Crippen molar-refractivity contribution in [1.29, 1.82) is 0 Å². The first-order chi connectivity index (χ1) is 9.12. The van der Waals surface area contributed by atoms with Gasteiger partial charge in [0, 0.05) is 27.3 Å². The van der Waals surface area contributed by atoms with Crippen LogP contribution in [0, 0.1) is 12.8 Å². The summed E-state index contributed by atoms with van der Waals surface area (Å²) in [5, 5.41) is 2.78. The summed E-state index contributed by atoms with van der Waals surface area (Å²) in [4.78, 5) is 12.1. The van der Waals surface area contributed by atoms with E-state index < -0.39 is 9.05 Å². The van der Waals surface area contributed by atoms with Crippen molar-refractivity contribution in [2.45, 2.75) is 32.1 Å². The van der Waals surface area contributed by atoms with Crippen LogP contribution in [0.1, 0.15) is 36.2 Å². The number of carbonyl (C=O) groups excluding carboxylic acids is 1. The molecule has 1 N–H and O–H groups in total. The highest BCUT2D eigenvalue weighted by Crippen LogP contribution is 2.27. The van der Waals surface area contributed by atoms with Gasteiger partial charge in [-0.3, -0.25) is 4.79 Å². The van der Waals surface area contributed by atoms with E-state index in [1.807, 2.05) is 0 Å². The van der Waals surface area contributed by atoms with E-state index >= 15 is 0 Å². The molecule has 0 bridgehead atoms. The van der Waals surface area contributed by atoms with E-state index in [1.165, 1.54) is 6.07 Å². The van der Waals surface area contributed by atoms with Gasteiger partial charge in [0.2, 0.25) is 0 Å². The molecule has 1 rings (SSSR count). The number of nitrogens with one attached hydrogen (secondary N) is 1. The third kappa shape index (κ3) is 4.75. The van der Waals surface area contributed by atoms with Crippen molar-refractivity contribution < 1.29 is 13.2 Å². The molecular weight excluding hydrogens is 366 g/mol. The smallest absolute Gasteiger partial charge is 0.261 e. The van der Waals surface area contributed by atoms with Crippen LogP contribution in [-0.4, -0.2) is 20.9 Å². The van der Waals surface area contributed by atoms with Crippen LogP contribution >= 0.6 is 26.6 Å². The molecular formula is C13H17BrClNO3S. The zero-order chi connectivity index (χ0) is 15.5. The lowest BCUT2D eigenvalue weighted by molar-refractivity contribution is 0.0951. The van der Waals surface area contributed by atoms with Crippen molar-refractivity contribution in [3.8, 4) is 0 Å². The van der Waals surface area contributed by atoms with Crippen LogP contribution in [0.15, 0.2) is 21.5 Å². The van der Waals surface area contributed by atoms with Gasteiger partial charge in [0.1, 0.15) is 0 Å². The third-order valence-electron chi connectivity index (χ3n) is 2.84. The molecule has 0 fully saturated rings. The fourth-order valence-electron chi connectivity index (χ4n) is 1.71. The van der Waals surface area contributed by atoms with Gasteiger partial charge in [0.05, 0.1) is 4.90 Å². The van der Waals surface area contributed by atoms with Crippen molar-refractivity contribution in [1.82, 2.24) is 5.32 Å². The summed E-state index contributed by atoms with van der Waals surface area (Å²) in [7, 11) is 1.49. The highest BCUT2D eigenvalue weighted by Gasteiger charge is 2.20. The van der Waals surface area contributed by atoms with Crippen molar-refractivity contribution >= 4 is 41.6 Å². The maximum atomic E-state index is 12.1. The minimum atomic E-state index is -3.88. The van der Waals surface area contributed by atoms with E-state index in [0.29, 0.717) is 28.1 Å². The van der Waals surface area contributed by atoms with E-state index in [4.69, 9.17) is 10.7 Å². The van der Waals surface area contributed by atoms with Crippen LogP contribution in [0.3, 0.4) is 0 Å². The fraction of sp³-hybridized carbons (Fsp3) is 0.462. The molecule has 0 radical (unpaired) electrons. The van der Waals surface area contributed by atoms with Gasteiger partial charge in [-0.15, -0.1) is 0 Å². The second-order valence-electron chi connectivity index (χ2n) is 4.95. The van der Waals surface area contributed by atoms with Crippen molar-refractivity contribution in [2.24, 2.45) is 5.92 Å². The van der Waals surface area contributed by atoms with Gasteiger partial charge in [-0.1, -0.05) is 29.8 Å². The van der Waals surface area contributed by atoms with Crippen LogP contribution in [0.25, 0.3) is 0 Å². The van der Waals surface area contributed by atoms with E-state index in [1.54, 1.807) is 13.0 Å². The molecule has 112 valence electrons. The topological polar surface area (TPSA) is 63.2 Å². The highest BCUT2D eigenvalue weighted by molar-refractivity contribution is 9.10. The standard InChI is InChI=1S/C13H17BrClNO3S/c1-8(2)4-5-16-13(17)11-6-10(14)7-12(9(11)3)20(15,18)19/h6-8H,4-5H2,1-3H3,(H,16,17). The van der Waals surface area contributed by atoms with Crippen molar-refractivity contribution in [3.63, 3.8) is 0 Å². The Morgan fingerprint density at radius 2 is 2.00 bits per heavy atom. The van der Waals surface area contributed by atoms with Crippen LogP contribution < -0.4 is 5.32 Å². The normalized spacial score (nSPS) is 11.7. The molecule has 0 heterocycles.